The van der Waals surface area contributed by atoms with Gasteiger partial charge in [0.2, 0.25) is 0 Å². The summed E-state index contributed by atoms with van der Waals surface area (Å²) < 4.78 is 0. The molecule has 1 heterocycles. The summed E-state index contributed by atoms with van der Waals surface area (Å²) in [5, 5.41) is 13.7. The molecule has 0 amide bonds. The molecule has 0 atom stereocenters. The van der Waals surface area contributed by atoms with E-state index in [1.807, 2.05) is 90.1 Å². The summed E-state index contributed by atoms with van der Waals surface area (Å²) in [7, 11) is 0. The van der Waals surface area contributed by atoms with Crippen LogP contribution in [0.2, 0.25) is 0 Å². The Morgan fingerprint density at radius 2 is 1.23 bits per heavy atom. The summed E-state index contributed by atoms with van der Waals surface area (Å²) in [6, 6.07) is 29.6. The topological polar surface area (TPSA) is 47.5 Å². The number of nitrogens with zero attached hydrogens (tertiary/aromatic N) is 1. The molecule has 4 nitrogen and oxygen atoms in total. The van der Waals surface area contributed by atoms with Crippen LogP contribution in [0, 0.1) is 0 Å². The predicted molar refractivity (Wildman–Crippen MR) is 102 cm³/mol. The molecule has 1 aliphatic heterocycles. The van der Waals surface area contributed by atoms with Crippen molar-refractivity contribution in [3.63, 3.8) is 0 Å². The van der Waals surface area contributed by atoms with Crippen molar-refractivity contribution in [1.29, 1.82) is 0 Å². The Kier molecular flexibility index (Phi) is 4.44. The Balaban J connectivity index is 1.70. The fourth-order valence-electron chi connectivity index (χ4n) is 3.24. The van der Waals surface area contributed by atoms with Crippen molar-refractivity contribution in [1.82, 2.24) is 16.0 Å². The normalized spacial score (nSPS) is 14.0. The van der Waals surface area contributed by atoms with E-state index in [1.165, 1.54) is 5.56 Å². The van der Waals surface area contributed by atoms with Gasteiger partial charge in [0, 0.05) is 6.20 Å². The van der Waals surface area contributed by atoms with Crippen molar-refractivity contribution in [2.24, 2.45) is 0 Å². The first-order valence-corrected chi connectivity index (χ1v) is 8.65. The Bertz CT molecular complexity index is 840. The fourth-order valence-corrected chi connectivity index (χ4v) is 3.24. The number of hydrazine groups is 2. The summed E-state index contributed by atoms with van der Waals surface area (Å²) in [6.07, 6.45) is 1.92. The van der Waals surface area contributed by atoms with E-state index in [0.29, 0.717) is 12.2 Å². The minimum atomic E-state index is -1.26. The van der Waals surface area contributed by atoms with Gasteiger partial charge in [-0.25, -0.2) is 0 Å². The summed E-state index contributed by atoms with van der Waals surface area (Å²) in [5.74, 6) is 0. The minimum Gasteiger partial charge on any atom is -0.374 e. The van der Waals surface area contributed by atoms with Crippen molar-refractivity contribution < 1.29 is 5.11 Å². The first kappa shape index (κ1) is 16.4. The Morgan fingerprint density at radius 1 is 0.731 bits per heavy atom. The van der Waals surface area contributed by atoms with Crippen LogP contribution in [0.3, 0.4) is 0 Å². The zero-order valence-corrected chi connectivity index (χ0v) is 14.3. The molecule has 0 aromatic heterocycles. The molecule has 130 valence electrons. The van der Waals surface area contributed by atoms with E-state index in [0.717, 1.165) is 11.1 Å². The molecule has 3 aromatic rings. The monoisotopic (exact) mass is 343 g/mol. The first-order chi connectivity index (χ1) is 12.8. The van der Waals surface area contributed by atoms with Crippen LogP contribution in [0.25, 0.3) is 0 Å². The van der Waals surface area contributed by atoms with Crippen LogP contribution in [0.4, 0.5) is 0 Å². The van der Waals surface area contributed by atoms with Gasteiger partial charge in [0.15, 0.2) is 5.60 Å². The first-order valence-electron chi connectivity index (χ1n) is 8.65. The standard InChI is InChI=1S/C22H21N3O/c26-22(19-12-6-2-7-13-19,20-14-8-3-9-15-20)21-17-25(24-23-21)16-18-10-4-1-5-11-18/h1-15,17,23-24,26H,16H2. The second-order valence-corrected chi connectivity index (χ2v) is 6.34. The van der Waals surface area contributed by atoms with Gasteiger partial charge >= 0.3 is 0 Å². The van der Waals surface area contributed by atoms with Crippen molar-refractivity contribution in [2.75, 3.05) is 0 Å². The maximum Gasteiger partial charge on any atom is 0.157 e. The lowest BCUT2D eigenvalue weighted by molar-refractivity contribution is 0.112. The van der Waals surface area contributed by atoms with Crippen molar-refractivity contribution in [2.45, 2.75) is 12.1 Å². The largest absolute Gasteiger partial charge is 0.374 e. The molecule has 0 fully saturated rings. The molecule has 4 rings (SSSR count). The van der Waals surface area contributed by atoms with Crippen molar-refractivity contribution in [3.8, 4) is 0 Å². The van der Waals surface area contributed by atoms with E-state index in [4.69, 9.17) is 0 Å². The van der Waals surface area contributed by atoms with Crippen LogP contribution in [0.15, 0.2) is 103 Å². The molecule has 0 aliphatic carbocycles. The number of benzene rings is 3. The second kappa shape index (κ2) is 7.04. The summed E-state index contributed by atoms with van der Waals surface area (Å²) >= 11 is 0. The number of hydrogen-bond acceptors (Lipinski definition) is 4. The zero-order valence-electron chi connectivity index (χ0n) is 14.3. The molecule has 0 saturated carbocycles. The lowest BCUT2D eigenvalue weighted by Gasteiger charge is -2.30. The lowest BCUT2D eigenvalue weighted by atomic mass is 9.84. The number of rotatable bonds is 5. The molecule has 0 saturated heterocycles. The highest BCUT2D eigenvalue weighted by atomic mass is 16.3. The number of hydrogen-bond donors (Lipinski definition) is 3. The van der Waals surface area contributed by atoms with Crippen LogP contribution in [0.1, 0.15) is 16.7 Å². The summed E-state index contributed by atoms with van der Waals surface area (Å²) in [4.78, 5) is 0. The van der Waals surface area contributed by atoms with E-state index in [2.05, 4.69) is 23.1 Å². The lowest BCUT2D eigenvalue weighted by Crippen LogP contribution is -2.41. The molecule has 0 bridgehead atoms. The average molecular weight is 343 g/mol. The van der Waals surface area contributed by atoms with Gasteiger partial charge in [-0.15, -0.1) is 5.53 Å². The Morgan fingerprint density at radius 3 is 1.77 bits per heavy atom. The minimum absolute atomic E-state index is 0.686. The Labute approximate surface area is 153 Å². The Hall–Kier alpha value is -3.08. The number of nitrogens with one attached hydrogen (secondary N) is 2. The highest BCUT2D eigenvalue weighted by molar-refractivity contribution is 5.44. The predicted octanol–water partition coefficient (Wildman–Crippen LogP) is 3.29. The summed E-state index contributed by atoms with van der Waals surface area (Å²) in [6.45, 7) is 0.691. The van der Waals surface area contributed by atoms with Crippen LogP contribution >= 0.6 is 0 Å². The third-order valence-electron chi connectivity index (χ3n) is 4.59. The fraction of sp³-hybridized carbons (Fsp3) is 0.0909. The average Bonchev–Trinajstić information content (AvgIpc) is 3.18. The van der Waals surface area contributed by atoms with Crippen molar-refractivity contribution >= 4 is 0 Å². The second-order valence-electron chi connectivity index (χ2n) is 6.34. The summed E-state index contributed by atoms with van der Waals surface area (Å²) in [5.41, 5.74) is 8.51. The van der Waals surface area contributed by atoms with Gasteiger partial charge in [0.05, 0.1) is 12.2 Å². The molecule has 3 N–H and O–H groups in total. The van der Waals surface area contributed by atoms with Crippen molar-refractivity contribution in [3.05, 3.63) is 120 Å². The molecular formula is C22H21N3O. The molecule has 4 heteroatoms. The molecule has 0 radical (unpaired) electrons. The van der Waals surface area contributed by atoms with E-state index < -0.39 is 5.60 Å². The smallest absolute Gasteiger partial charge is 0.157 e. The molecule has 26 heavy (non-hydrogen) atoms. The molecule has 3 aromatic carbocycles. The molecule has 0 spiro atoms. The van der Waals surface area contributed by atoms with Gasteiger partial charge in [-0.2, -0.15) is 0 Å². The third-order valence-corrected chi connectivity index (χ3v) is 4.59. The maximum atomic E-state index is 11.7. The van der Waals surface area contributed by atoms with E-state index in [9.17, 15) is 5.11 Å². The molecular weight excluding hydrogens is 322 g/mol. The van der Waals surface area contributed by atoms with Gasteiger partial charge in [-0.05, 0) is 16.7 Å². The van der Waals surface area contributed by atoms with Gasteiger partial charge in [0.25, 0.3) is 0 Å². The van der Waals surface area contributed by atoms with Crippen LogP contribution in [-0.4, -0.2) is 10.1 Å². The van der Waals surface area contributed by atoms with Gasteiger partial charge in [-0.3, -0.25) is 5.01 Å². The highest BCUT2D eigenvalue weighted by Gasteiger charge is 2.38. The third kappa shape index (κ3) is 3.08. The van der Waals surface area contributed by atoms with E-state index in [1.54, 1.807) is 0 Å². The van der Waals surface area contributed by atoms with Gasteiger partial charge in [0.1, 0.15) is 0 Å². The molecule has 0 unspecified atom stereocenters. The van der Waals surface area contributed by atoms with E-state index >= 15 is 0 Å². The van der Waals surface area contributed by atoms with Crippen LogP contribution < -0.4 is 11.0 Å². The van der Waals surface area contributed by atoms with Crippen LogP contribution in [-0.2, 0) is 12.1 Å². The van der Waals surface area contributed by atoms with Crippen LogP contribution in [0.5, 0.6) is 0 Å². The quantitative estimate of drug-likeness (QED) is 0.665. The van der Waals surface area contributed by atoms with Gasteiger partial charge < -0.3 is 10.5 Å². The van der Waals surface area contributed by atoms with E-state index in [-0.39, 0.29) is 0 Å². The maximum absolute atomic E-state index is 11.7. The SMILES string of the molecule is OC(C1=CN(Cc2ccccc2)NN1)(c1ccccc1)c1ccccc1. The van der Waals surface area contributed by atoms with Gasteiger partial charge in [-0.1, -0.05) is 91.0 Å². The number of aliphatic hydroxyl groups is 1. The molecule has 1 aliphatic rings. The zero-order chi connectivity index (χ0) is 17.8. The highest BCUT2D eigenvalue weighted by Crippen LogP contribution is 2.36.